The molecule has 0 aromatic heterocycles. The Balaban J connectivity index is 0.000000609. The van der Waals surface area contributed by atoms with E-state index in [4.69, 9.17) is 20.4 Å². The average Bonchev–Trinajstić information content (AvgIpc) is 2.95. The summed E-state index contributed by atoms with van der Waals surface area (Å²) in [6.45, 7) is 2.26. The van der Waals surface area contributed by atoms with E-state index in [1.54, 1.807) is 0 Å². The van der Waals surface area contributed by atoms with Crippen molar-refractivity contribution >= 4 is 11.9 Å². The van der Waals surface area contributed by atoms with Crippen molar-refractivity contribution in [2.24, 2.45) is 0 Å². The van der Waals surface area contributed by atoms with Gasteiger partial charge in [-0.15, -0.1) is 0 Å². The van der Waals surface area contributed by atoms with E-state index in [1.807, 2.05) is 0 Å². The molecule has 0 amide bonds. The van der Waals surface area contributed by atoms with Crippen molar-refractivity contribution < 1.29 is 50.4 Å². The number of hydrogen-bond donors (Lipinski definition) is 8. The molecule has 2 rings (SSSR count). The summed E-state index contributed by atoms with van der Waals surface area (Å²) in [5.41, 5.74) is -0.241. The van der Waals surface area contributed by atoms with Crippen LogP contribution >= 0.6 is 0 Å². The highest BCUT2D eigenvalue weighted by Gasteiger charge is 2.20. The van der Waals surface area contributed by atoms with Crippen molar-refractivity contribution in [1.29, 1.82) is 0 Å². The maximum Gasteiger partial charge on any atom is 0.336 e. The van der Waals surface area contributed by atoms with E-state index in [-0.39, 0.29) is 16.7 Å². The number of aromatic hydroxyl groups is 6. The molecule has 0 heterocycles. The molecule has 42 heavy (non-hydrogen) atoms. The van der Waals surface area contributed by atoms with Crippen LogP contribution in [0.3, 0.4) is 0 Å². The Kier molecular flexibility index (Phi) is 17.3. The average molecular weight is 593 g/mol. The molecule has 0 aliphatic carbocycles. The van der Waals surface area contributed by atoms with Crippen molar-refractivity contribution in [3.63, 3.8) is 0 Å². The molecule has 0 bridgehead atoms. The van der Waals surface area contributed by atoms with Crippen LogP contribution in [0, 0.1) is 0 Å². The van der Waals surface area contributed by atoms with Gasteiger partial charge in [-0.1, -0.05) is 103 Å². The lowest BCUT2D eigenvalue weighted by atomic mass is 9.98. The molecule has 0 saturated carbocycles. The lowest BCUT2D eigenvalue weighted by Crippen LogP contribution is -2.03. The van der Waals surface area contributed by atoms with Crippen molar-refractivity contribution in [3.8, 4) is 34.5 Å². The van der Waals surface area contributed by atoms with Gasteiger partial charge in [0.05, 0.1) is 11.1 Å². The lowest BCUT2D eigenvalue weighted by Gasteiger charge is -2.11. The van der Waals surface area contributed by atoms with Crippen LogP contribution < -0.4 is 0 Å². The molecular formula is C32H48O10. The van der Waals surface area contributed by atoms with Gasteiger partial charge >= 0.3 is 11.9 Å². The van der Waals surface area contributed by atoms with E-state index >= 15 is 0 Å². The van der Waals surface area contributed by atoms with Gasteiger partial charge in [0.25, 0.3) is 0 Å². The summed E-state index contributed by atoms with van der Waals surface area (Å²) >= 11 is 0. The maximum absolute atomic E-state index is 11.3. The molecule has 0 atom stereocenters. The molecule has 10 nitrogen and oxygen atoms in total. The number of carboxylic acids is 2. The first-order valence-corrected chi connectivity index (χ1v) is 15.0. The lowest BCUT2D eigenvalue weighted by molar-refractivity contribution is 0.0684. The van der Waals surface area contributed by atoms with Gasteiger partial charge in [-0.05, 0) is 31.0 Å². The molecule has 2 aromatic carbocycles. The molecule has 236 valence electrons. The zero-order valence-electron chi connectivity index (χ0n) is 24.6. The fourth-order valence-corrected chi connectivity index (χ4v) is 4.71. The highest BCUT2D eigenvalue weighted by Crippen LogP contribution is 2.40. The largest absolute Gasteiger partial charge is 0.504 e. The van der Waals surface area contributed by atoms with Crippen molar-refractivity contribution in [2.45, 2.75) is 116 Å². The zero-order valence-corrected chi connectivity index (χ0v) is 24.6. The third-order valence-corrected chi connectivity index (χ3v) is 7.19. The van der Waals surface area contributed by atoms with Gasteiger partial charge in [-0.25, -0.2) is 9.59 Å². The van der Waals surface area contributed by atoms with Crippen LogP contribution in [0.25, 0.3) is 0 Å². The second-order valence-electron chi connectivity index (χ2n) is 10.6. The van der Waals surface area contributed by atoms with E-state index in [0.717, 1.165) is 37.5 Å². The van der Waals surface area contributed by atoms with Gasteiger partial charge < -0.3 is 40.9 Å². The summed E-state index contributed by atoms with van der Waals surface area (Å²) in [6, 6.07) is 2.69. The standard InChI is InChI=1S/C25H42O5.C7H6O5/c1-2-3-4-5-6-7-8-9-10-11-12-13-14-15-16-17-18-20-21(25(29)30)19-22(26)24(28)23(20)27;8-4-1-3(7(11)12)2-5(9)6(4)10/h19,26-28H,2-18H2,1H3,(H,29,30);1-2,8-10H,(H,11,12). The van der Waals surface area contributed by atoms with Crippen LogP contribution in [0.5, 0.6) is 34.5 Å². The topological polar surface area (TPSA) is 196 Å². The Hall–Kier alpha value is -3.82. The number of carbonyl (C=O) groups is 2. The number of benzene rings is 2. The second kappa shape index (κ2) is 20.1. The second-order valence-corrected chi connectivity index (χ2v) is 10.6. The van der Waals surface area contributed by atoms with Gasteiger partial charge in [-0.2, -0.15) is 0 Å². The van der Waals surface area contributed by atoms with Crippen molar-refractivity contribution in [1.82, 2.24) is 0 Å². The number of rotatable bonds is 19. The van der Waals surface area contributed by atoms with E-state index in [1.165, 1.54) is 83.5 Å². The summed E-state index contributed by atoms with van der Waals surface area (Å²) in [6.07, 6.45) is 20.6. The summed E-state index contributed by atoms with van der Waals surface area (Å²) in [5.74, 6) is -6.33. The van der Waals surface area contributed by atoms with Gasteiger partial charge in [0.15, 0.2) is 28.7 Å². The SMILES string of the molecule is CCCCCCCCCCCCCCCCCCc1c(C(=O)O)cc(O)c(O)c1O.O=C(O)c1cc(O)c(O)c(O)c1. The third kappa shape index (κ3) is 13.2. The van der Waals surface area contributed by atoms with E-state index in [0.29, 0.717) is 6.42 Å². The molecule has 10 heteroatoms. The summed E-state index contributed by atoms with van der Waals surface area (Å²) in [7, 11) is 0. The van der Waals surface area contributed by atoms with Gasteiger partial charge in [0.2, 0.25) is 5.75 Å². The van der Waals surface area contributed by atoms with Crippen LogP contribution in [-0.2, 0) is 6.42 Å². The van der Waals surface area contributed by atoms with E-state index in [9.17, 15) is 30.0 Å². The van der Waals surface area contributed by atoms with Crippen LogP contribution in [0.4, 0.5) is 0 Å². The van der Waals surface area contributed by atoms with Crippen molar-refractivity contribution in [2.75, 3.05) is 0 Å². The molecule has 0 spiro atoms. The van der Waals surface area contributed by atoms with Gasteiger partial charge in [0.1, 0.15) is 0 Å². The molecule has 0 unspecified atom stereocenters. The number of phenols is 6. The monoisotopic (exact) mass is 592 g/mol. The Labute approximate surface area is 247 Å². The molecular weight excluding hydrogens is 544 g/mol. The minimum atomic E-state index is -1.29. The molecule has 0 fully saturated rings. The Morgan fingerprint density at radius 1 is 0.500 bits per heavy atom. The summed E-state index contributed by atoms with van der Waals surface area (Å²) < 4.78 is 0. The highest BCUT2D eigenvalue weighted by atomic mass is 16.4. The number of unbranched alkanes of at least 4 members (excludes halogenated alkanes) is 15. The highest BCUT2D eigenvalue weighted by molar-refractivity contribution is 5.91. The fraction of sp³-hybridized carbons (Fsp3) is 0.562. The smallest absolute Gasteiger partial charge is 0.336 e. The minimum absolute atomic E-state index is 0.149. The van der Waals surface area contributed by atoms with Gasteiger partial charge in [0, 0.05) is 5.56 Å². The molecule has 0 aliphatic heterocycles. The Bertz CT molecular complexity index is 1090. The predicted molar refractivity (Wildman–Crippen MR) is 160 cm³/mol. The third-order valence-electron chi connectivity index (χ3n) is 7.19. The maximum atomic E-state index is 11.3. The van der Waals surface area contributed by atoms with E-state index < -0.39 is 46.4 Å². The predicted octanol–water partition coefficient (Wildman–Crippen LogP) is 7.81. The summed E-state index contributed by atoms with van der Waals surface area (Å²) in [5, 5.41) is 73.3. The number of carboxylic acid groups (broad SMARTS) is 2. The number of phenolic OH excluding ortho intramolecular Hbond substituents is 6. The number of aromatic carboxylic acids is 2. The molecule has 0 aliphatic rings. The Morgan fingerprint density at radius 2 is 0.881 bits per heavy atom. The first-order chi connectivity index (χ1) is 20.0. The summed E-state index contributed by atoms with van der Waals surface area (Å²) in [4.78, 5) is 21.6. The first-order valence-electron chi connectivity index (χ1n) is 15.0. The zero-order chi connectivity index (χ0) is 31.5. The van der Waals surface area contributed by atoms with Crippen LogP contribution in [0.1, 0.15) is 136 Å². The quantitative estimate of drug-likeness (QED) is 0.0588. The molecule has 0 saturated heterocycles. The van der Waals surface area contributed by atoms with Crippen molar-refractivity contribution in [3.05, 3.63) is 34.9 Å². The Morgan fingerprint density at radius 3 is 1.26 bits per heavy atom. The molecule has 0 radical (unpaired) electrons. The minimum Gasteiger partial charge on any atom is -0.504 e. The van der Waals surface area contributed by atoms with Crippen LogP contribution in [-0.4, -0.2) is 52.8 Å². The fourth-order valence-electron chi connectivity index (χ4n) is 4.71. The number of hydrogen-bond acceptors (Lipinski definition) is 8. The van der Waals surface area contributed by atoms with Crippen LogP contribution in [0.2, 0.25) is 0 Å². The van der Waals surface area contributed by atoms with Crippen LogP contribution in [0.15, 0.2) is 18.2 Å². The molecule has 8 N–H and O–H groups in total. The first kappa shape index (κ1) is 36.2. The normalized spacial score (nSPS) is 10.7. The van der Waals surface area contributed by atoms with E-state index in [2.05, 4.69) is 6.92 Å². The molecule has 2 aromatic rings. The van der Waals surface area contributed by atoms with Gasteiger partial charge in [-0.3, -0.25) is 0 Å².